The SMILES string of the molecule is C=CCOC(=O)[C@@H]1C[C@]2([C@@H](C)Cc3ccc(OC)c(OC)c3)OCOC2=CC1=O. The van der Waals surface area contributed by atoms with Crippen LogP contribution >= 0.6 is 0 Å². The van der Waals surface area contributed by atoms with Gasteiger partial charge in [-0.15, -0.1) is 0 Å². The fourth-order valence-electron chi connectivity index (χ4n) is 3.90. The third kappa shape index (κ3) is 4.00. The van der Waals surface area contributed by atoms with E-state index in [-0.39, 0.29) is 31.5 Å². The number of methoxy groups -OCH3 is 2. The van der Waals surface area contributed by atoms with E-state index in [0.717, 1.165) is 5.56 Å². The Bertz CT molecular complexity index is 828. The number of carbonyl (C=O) groups excluding carboxylic acids is 2. The van der Waals surface area contributed by atoms with Crippen LogP contribution in [0.2, 0.25) is 0 Å². The van der Waals surface area contributed by atoms with Crippen molar-refractivity contribution in [3.05, 3.63) is 48.3 Å². The van der Waals surface area contributed by atoms with E-state index >= 15 is 0 Å². The van der Waals surface area contributed by atoms with Gasteiger partial charge in [-0.05, 0) is 30.0 Å². The molecule has 3 rings (SSSR count). The summed E-state index contributed by atoms with van der Waals surface area (Å²) in [5.74, 6) is -0.129. The Hall–Kier alpha value is -2.80. The first kappa shape index (κ1) is 20.9. The number of rotatable bonds is 8. The quantitative estimate of drug-likeness (QED) is 0.376. The number of ether oxygens (including phenoxy) is 5. The molecule has 1 heterocycles. The van der Waals surface area contributed by atoms with E-state index in [0.29, 0.717) is 23.7 Å². The van der Waals surface area contributed by atoms with Crippen LogP contribution in [-0.4, -0.2) is 45.0 Å². The lowest BCUT2D eigenvalue weighted by Crippen LogP contribution is -2.47. The molecule has 0 N–H and O–H groups in total. The Kier molecular flexibility index (Phi) is 6.27. The lowest BCUT2D eigenvalue weighted by Gasteiger charge is -2.37. The van der Waals surface area contributed by atoms with Gasteiger partial charge in [-0.3, -0.25) is 9.59 Å². The Morgan fingerprint density at radius 3 is 2.79 bits per heavy atom. The third-order valence-corrected chi connectivity index (χ3v) is 5.49. The zero-order valence-corrected chi connectivity index (χ0v) is 16.9. The van der Waals surface area contributed by atoms with E-state index in [9.17, 15) is 9.59 Å². The van der Waals surface area contributed by atoms with E-state index in [1.165, 1.54) is 12.2 Å². The molecule has 156 valence electrons. The molecular formula is C22H26O7. The fourth-order valence-corrected chi connectivity index (χ4v) is 3.90. The molecule has 0 spiro atoms. The van der Waals surface area contributed by atoms with Crippen molar-refractivity contribution in [3.8, 4) is 11.5 Å². The minimum Gasteiger partial charge on any atom is -0.493 e. The van der Waals surface area contributed by atoms with Gasteiger partial charge in [-0.2, -0.15) is 0 Å². The first-order valence-electron chi connectivity index (χ1n) is 9.46. The van der Waals surface area contributed by atoms with Gasteiger partial charge in [0, 0.05) is 12.5 Å². The molecule has 1 aromatic carbocycles. The van der Waals surface area contributed by atoms with Crippen molar-refractivity contribution >= 4 is 11.8 Å². The van der Waals surface area contributed by atoms with Crippen LogP contribution in [0.4, 0.5) is 0 Å². The fraction of sp³-hybridized carbons (Fsp3) is 0.455. The van der Waals surface area contributed by atoms with Crippen molar-refractivity contribution in [1.29, 1.82) is 0 Å². The molecule has 1 fully saturated rings. The summed E-state index contributed by atoms with van der Waals surface area (Å²) in [6.07, 6.45) is 3.66. The first-order chi connectivity index (χ1) is 13.9. The zero-order valence-electron chi connectivity index (χ0n) is 16.9. The van der Waals surface area contributed by atoms with Gasteiger partial charge in [0.1, 0.15) is 23.9 Å². The summed E-state index contributed by atoms with van der Waals surface area (Å²) in [6.45, 7) is 5.65. The van der Waals surface area contributed by atoms with Crippen LogP contribution in [0.15, 0.2) is 42.7 Å². The summed E-state index contributed by atoms with van der Waals surface area (Å²) in [5.41, 5.74) is 0.154. The monoisotopic (exact) mass is 402 g/mol. The highest BCUT2D eigenvalue weighted by Crippen LogP contribution is 2.46. The van der Waals surface area contributed by atoms with Crippen LogP contribution in [0.5, 0.6) is 11.5 Å². The normalized spacial score (nSPS) is 24.0. The number of ketones is 1. The zero-order chi connectivity index (χ0) is 21.0. The number of hydrogen-bond donors (Lipinski definition) is 0. The number of allylic oxidation sites excluding steroid dienone is 1. The van der Waals surface area contributed by atoms with Gasteiger partial charge >= 0.3 is 5.97 Å². The van der Waals surface area contributed by atoms with Crippen molar-refractivity contribution < 1.29 is 33.3 Å². The highest BCUT2D eigenvalue weighted by Gasteiger charge is 2.53. The highest BCUT2D eigenvalue weighted by molar-refractivity contribution is 6.06. The Labute approximate surface area is 170 Å². The smallest absolute Gasteiger partial charge is 0.317 e. The first-order valence-corrected chi connectivity index (χ1v) is 9.46. The van der Waals surface area contributed by atoms with Crippen molar-refractivity contribution in [2.45, 2.75) is 25.4 Å². The van der Waals surface area contributed by atoms with Crippen molar-refractivity contribution in [3.63, 3.8) is 0 Å². The molecule has 7 heteroatoms. The van der Waals surface area contributed by atoms with Gasteiger partial charge in [0.05, 0.1) is 14.2 Å². The lowest BCUT2D eigenvalue weighted by molar-refractivity contribution is -0.154. The molecule has 1 aliphatic heterocycles. The molecule has 0 aromatic heterocycles. The van der Waals surface area contributed by atoms with E-state index in [4.69, 9.17) is 23.7 Å². The molecule has 1 aliphatic carbocycles. The molecule has 1 aromatic rings. The third-order valence-electron chi connectivity index (χ3n) is 5.49. The van der Waals surface area contributed by atoms with Crippen LogP contribution in [0.1, 0.15) is 18.9 Å². The second-order valence-electron chi connectivity index (χ2n) is 7.18. The maximum absolute atomic E-state index is 12.4. The second-order valence-corrected chi connectivity index (χ2v) is 7.18. The Morgan fingerprint density at radius 2 is 2.10 bits per heavy atom. The molecule has 0 unspecified atom stereocenters. The Morgan fingerprint density at radius 1 is 1.34 bits per heavy atom. The number of hydrogen-bond acceptors (Lipinski definition) is 7. The highest BCUT2D eigenvalue weighted by atomic mass is 16.7. The topological polar surface area (TPSA) is 80.3 Å². The van der Waals surface area contributed by atoms with Crippen LogP contribution < -0.4 is 9.47 Å². The number of benzene rings is 1. The number of fused-ring (bicyclic) bond motifs is 1. The minimum absolute atomic E-state index is 0.0454. The lowest BCUT2D eigenvalue weighted by atomic mass is 9.72. The van der Waals surface area contributed by atoms with Crippen molar-refractivity contribution in [1.82, 2.24) is 0 Å². The summed E-state index contributed by atoms with van der Waals surface area (Å²) in [4.78, 5) is 24.8. The second kappa shape index (κ2) is 8.69. The maximum atomic E-state index is 12.4. The molecule has 7 nitrogen and oxygen atoms in total. The van der Waals surface area contributed by atoms with E-state index in [2.05, 4.69) is 6.58 Å². The molecule has 0 radical (unpaired) electrons. The molecular weight excluding hydrogens is 376 g/mol. The summed E-state index contributed by atoms with van der Waals surface area (Å²) in [7, 11) is 3.18. The van der Waals surface area contributed by atoms with E-state index in [1.54, 1.807) is 14.2 Å². The average molecular weight is 402 g/mol. The summed E-state index contributed by atoms with van der Waals surface area (Å²) >= 11 is 0. The van der Waals surface area contributed by atoms with Gasteiger partial charge in [0.25, 0.3) is 0 Å². The van der Waals surface area contributed by atoms with Gasteiger partial charge in [-0.1, -0.05) is 25.6 Å². The summed E-state index contributed by atoms with van der Waals surface area (Å²) < 4.78 is 27.4. The summed E-state index contributed by atoms with van der Waals surface area (Å²) in [5, 5.41) is 0. The van der Waals surface area contributed by atoms with E-state index < -0.39 is 17.5 Å². The largest absolute Gasteiger partial charge is 0.493 e. The van der Waals surface area contributed by atoms with Crippen molar-refractivity contribution in [2.24, 2.45) is 11.8 Å². The van der Waals surface area contributed by atoms with Crippen LogP contribution in [0, 0.1) is 11.8 Å². The molecule has 0 saturated carbocycles. The summed E-state index contributed by atoms with van der Waals surface area (Å²) in [6, 6.07) is 5.72. The van der Waals surface area contributed by atoms with Gasteiger partial charge in [0.15, 0.2) is 24.1 Å². The van der Waals surface area contributed by atoms with Crippen LogP contribution in [0.25, 0.3) is 0 Å². The predicted octanol–water partition coefficient (Wildman–Crippen LogP) is 2.83. The molecule has 0 bridgehead atoms. The standard InChI is InChI=1S/C22H26O7/c1-5-8-27-21(24)16-12-22(20(11-17(16)23)28-13-29-22)14(2)9-15-6-7-18(25-3)19(10-15)26-4/h5-7,10-11,14,16H,1,8-9,12-13H2,2-4H3/t14-,16+,22+/m0/s1. The van der Waals surface area contributed by atoms with Gasteiger partial charge in [-0.25, -0.2) is 0 Å². The molecule has 29 heavy (non-hydrogen) atoms. The molecule has 1 saturated heterocycles. The van der Waals surface area contributed by atoms with Gasteiger partial charge < -0.3 is 23.7 Å². The molecule has 0 amide bonds. The van der Waals surface area contributed by atoms with Gasteiger partial charge in [0.2, 0.25) is 0 Å². The van der Waals surface area contributed by atoms with E-state index in [1.807, 2.05) is 25.1 Å². The van der Waals surface area contributed by atoms with Crippen molar-refractivity contribution in [2.75, 3.05) is 27.6 Å². The number of carbonyl (C=O) groups is 2. The Balaban J connectivity index is 1.85. The predicted molar refractivity (Wildman–Crippen MR) is 105 cm³/mol. The van der Waals surface area contributed by atoms with Crippen LogP contribution in [-0.2, 0) is 30.2 Å². The molecule has 3 atom stereocenters. The van der Waals surface area contributed by atoms with Crippen LogP contribution in [0.3, 0.4) is 0 Å². The minimum atomic E-state index is -0.923. The average Bonchev–Trinajstić information content (AvgIpc) is 3.15. The maximum Gasteiger partial charge on any atom is 0.317 e. The number of esters is 1. The molecule has 2 aliphatic rings.